The molecule has 0 atom stereocenters. The maximum atomic E-state index is 12.5. The fourth-order valence-corrected chi connectivity index (χ4v) is 2.60. The van der Waals surface area contributed by atoms with Gasteiger partial charge in [0.25, 0.3) is 5.91 Å². The molecule has 25 heavy (non-hydrogen) atoms. The van der Waals surface area contributed by atoms with Crippen LogP contribution in [0, 0.1) is 0 Å². The summed E-state index contributed by atoms with van der Waals surface area (Å²) in [5.41, 5.74) is 1.73. The third-order valence-electron chi connectivity index (χ3n) is 3.83. The van der Waals surface area contributed by atoms with E-state index in [0.717, 1.165) is 10.9 Å². The minimum atomic E-state index is -0.309. The first-order valence-corrected chi connectivity index (χ1v) is 7.88. The molecule has 2 aromatic heterocycles. The summed E-state index contributed by atoms with van der Waals surface area (Å²) in [4.78, 5) is 25.4. The van der Waals surface area contributed by atoms with Crippen molar-refractivity contribution in [3.63, 3.8) is 0 Å². The van der Waals surface area contributed by atoms with Crippen LogP contribution in [0.3, 0.4) is 0 Å². The molecule has 4 aromatic rings. The van der Waals surface area contributed by atoms with E-state index in [9.17, 15) is 4.79 Å². The minimum Gasteiger partial charge on any atom is -0.345 e. The van der Waals surface area contributed by atoms with Crippen molar-refractivity contribution in [1.82, 2.24) is 24.8 Å². The Labute approximate surface area is 144 Å². The fraction of sp³-hybridized carbons (Fsp3) is 0.0526. The summed E-state index contributed by atoms with van der Waals surface area (Å²) in [5.74, 6) is 0.460. The number of nitrogens with zero attached hydrogens (tertiary/aromatic N) is 4. The van der Waals surface area contributed by atoms with Gasteiger partial charge < -0.3 is 5.32 Å². The van der Waals surface area contributed by atoms with Crippen LogP contribution in [0.15, 0.2) is 73.3 Å². The summed E-state index contributed by atoms with van der Waals surface area (Å²) in [6, 6.07) is 17.3. The van der Waals surface area contributed by atoms with Gasteiger partial charge in [0.1, 0.15) is 12.1 Å². The Bertz CT molecular complexity index is 1010. The van der Waals surface area contributed by atoms with Crippen LogP contribution < -0.4 is 5.32 Å². The maximum Gasteiger partial charge on any atom is 0.289 e. The van der Waals surface area contributed by atoms with Gasteiger partial charge in [-0.1, -0.05) is 42.5 Å². The number of hydrogen-bond donors (Lipinski definition) is 1. The average molecular weight is 329 g/mol. The molecule has 0 saturated carbocycles. The number of fused-ring (bicyclic) bond motifs is 1. The first-order valence-electron chi connectivity index (χ1n) is 7.88. The number of nitrogens with one attached hydrogen (secondary N) is 1. The summed E-state index contributed by atoms with van der Waals surface area (Å²) in [7, 11) is 0. The summed E-state index contributed by atoms with van der Waals surface area (Å²) in [6.45, 7) is 0.427. The molecule has 2 aromatic carbocycles. The maximum absolute atomic E-state index is 12.5. The lowest BCUT2D eigenvalue weighted by Gasteiger charge is -2.09. The van der Waals surface area contributed by atoms with E-state index in [1.54, 1.807) is 23.3 Å². The average Bonchev–Trinajstić information content (AvgIpc) is 3.20. The molecule has 4 rings (SSSR count). The zero-order chi connectivity index (χ0) is 17.1. The number of hydrogen-bond acceptors (Lipinski definition) is 4. The van der Waals surface area contributed by atoms with Gasteiger partial charge in [0.15, 0.2) is 0 Å². The smallest absolute Gasteiger partial charge is 0.289 e. The summed E-state index contributed by atoms with van der Waals surface area (Å²) in [5, 5.41) is 3.72. The van der Waals surface area contributed by atoms with E-state index in [-0.39, 0.29) is 11.7 Å². The van der Waals surface area contributed by atoms with Crippen LogP contribution in [0.1, 0.15) is 16.2 Å². The molecule has 0 aliphatic heterocycles. The summed E-state index contributed by atoms with van der Waals surface area (Å²) >= 11 is 0. The van der Waals surface area contributed by atoms with Gasteiger partial charge in [0.2, 0.25) is 5.82 Å². The van der Waals surface area contributed by atoms with E-state index in [4.69, 9.17) is 0 Å². The highest BCUT2D eigenvalue weighted by atomic mass is 16.2. The van der Waals surface area contributed by atoms with Crippen molar-refractivity contribution in [1.29, 1.82) is 0 Å². The molecule has 6 heteroatoms. The van der Waals surface area contributed by atoms with Crippen molar-refractivity contribution in [2.75, 3.05) is 0 Å². The molecule has 0 radical (unpaired) electrons. The van der Waals surface area contributed by atoms with Crippen molar-refractivity contribution < 1.29 is 4.79 Å². The lowest BCUT2D eigenvalue weighted by molar-refractivity contribution is 0.0941. The number of aromatic nitrogens is 4. The van der Waals surface area contributed by atoms with E-state index >= 15 is 0 Å². The van der Waals surface area contributed by atoms with Gasteiger partial charge in [0.05, 0.1) is 5.52 Å². The number of benzene rings is 2. The molecule has 1 amide bonds. The fourth-order valence-electron chi connectivity index (χ4n) is 2.60. The van der Waals surface area contributed by atoms with Gasteiger partial charge in [-0.25, -0.2) is 15.0 Å². The first-order chi connectivity index (χ1) is 12.3. The van der Waals surface area contributed by atoms with Crippen LogP contribution in [-0.2, 0) is 6.54 Å². The molecule has 0 spiro atoms. The molecule has 122 valence electrons. The standard InChI is InChI=1S/C19H15N5O/c25-19(21-12-14-6-2-1-3-7-14)17-22-16-9-5-4-8-15(16)18(23-17)24-11-10-20-13-24/h1-11,13H,12H2,(H,21,25). The highest BCUT2D eigenvalue weighted by molar-refractivity contribution is 5.94. The second-order valence-electron chi connectivity index (χ2n) is 5.53. The van der Waals surface area contributed by atoms with E-state index in [1.807, 2.05) is 54.6 Å². The Morgan fingerprint density at radius 1 is 1.00 bits per heavy atom. The first kappa shape index (κ1) is 15.0. The van der Waals surface area contributed by atoms with Crippen molar-refractivity contribution in [2.24, 2.45) is 0 Å². The Balaban J connectivity index is 1.69. The molecule has 0 saturated heterocycles. The number of carbonyl (C=O) groups excluding carboxylic acids is 1. The van der Waals surface area contributed by atoms with Crippen LogP contribution >= 0.6 is 0 Å². The Morgan fingerprint density at radius 3 is 2.60 bits per heavy atom. The normalized spacial score (nSPS) is 10.7. The predicted octanol–water partition coefficient (Wildman–Crippen LogP) is 2.75. The molecule has 6 nitrogen and oxygen atoms in total. The van der Waals surface area contributed by atoms with Crippen molar-refractivity contribution in [3.8, 4) is 5.82 Å². The van der Waals surface area contributed by atoms with E-state index < -0.39 is 0 Å². The Morgan fingerprint density at radius 2 is 1.80 bits per heavy atom. The zero-order valence-corrected chi connectivity index (χ0v) is 13.3. The summed E-state index contributed by atoms with van der Waals surface area (Å²) < 4.78 is 1.78. The molecule has 0 aliphatic rings. The number of amides is 1. The monoisotopic (exact) mass is 329 g/mol. The molecule has 0 unspecified atom stereocenters. The molecule has 1 N–H and O–H groups in total. The van der Waals surface area contributed by atoms with Crippen molar-refractivity contribution in [3.05, 3.63) is 84.7 Å². The van der Waals surface area contributed by atoms with E-state index in [1.165, 1.54) is 0 Å². The minimum absolute atomic E-state index is 0.137. The van der Waals surface area contributed by atoms with Crippen LogP contribution in [0.25, 0.3) is 16.7 Å². The highest BCUT2D eigenvalue weighted by Crippen LogP contribution is 2.19. The van der Waals surface area contributed by atoms with Crippen molar-refractivity contribution in [2.45, 2.75) is 6.54 Å². The highest BCUT2D eigenvalue weighted by Gasteiger charge is 2.14. The van der Waals surface area contributed by atoms with Gasteiger partial charge in [-0.3, -0.25) is 9.36 Å². The molecule has 0 aliphatic carbocycles. The van der Waals surface area contributed by atoms with Crippen LogP contribution in [0.5, 0.6) is 0 Å². The van der Waals surface area contributed by atoms with Crippen molar-refractivity contribution >= 4 is 16.8 Å². The molecule has 2 heterocycles. The third kappa shape index (κ3) is 3.10. The van der Waals surface area contributed by atoms with E-state index in [2.05, 4.69) is 20.3 Å². The van der Waals surface area contributed by atoms with Gasteiger partial charge in [0, 0.05) is 24.3 Å². The van der Waals surface area contributed by atoms with Crippen LogP contribution in [0.4, 0.5) is 0 Å². The number of imidazole rings is 1. The SMILES string of the molecule is O=C(NCc1ccccc1)c1nc(-n2ccnc2)c2ccccc2n1. The van der Waals surface area contributed by atoms with E-state index in [0.29, 0.717) is 17.9 Å². The Kier molecular flexibility index (Phi) is 3.92. The number of rotatable bonds is 4. The predicted molar refractivity (Wildman–Crippen MR) is 94.3 cm³/mol. The quantitative estimate of drug-likeness (QED) is 0.625. The van der Waals surface area contributed by atoms with Gasteiger partial charge in [-0.05, 0) is 17.7 Å². The third-order valence-corrected chi connectivity index (χ3v) is 3.83. The summed E-state index contributed by atoms with van der Waals surface area (Å²) in [6.07, 6.45) is 5.12. The van der Waals surface area contributed by atoms with Crippen LogP contribution in [-0.4, -0.2) is 25.4 Å². The largest absolute Gasteiger partial charge is 0.345 e. The lowest BCUT2D eigenvalue weighted by atomic mass is 10.2. The molecular formula is C19H15N5O. The molecular weight excluding hydrogens is 314 g/mol. The number of para-hydroxylation sites is 1. The number of carbonyl (C=O) groups is 1. The molecule has 0 fully saturated rings. The van der Waals surface area contributed by atoms with Crippen LogP contribution in [0.2, 0.25) is 0 Å². The second-order valence-corrected chi connectivity index (χ2v) is 5.53. The van der Waals surface area contributed by atoms with Gasteiger partial charge in [-0.15, -0.1) is 0 Å². The second kappa shape index (κ2) is 6.52. The van der Waals surface area contributed by atoms with Gasteiger partial charge in [-0.2, -0.15) is 0 Å². The lowest BCUT2D eigenvalue weighted by Crippen LogP contribution is -2.25. The molecule has 0 bridgehead atoms. The Hall–Kier alpha value is -3.54. The van der Waals surface area contributed by atoms with Gasteiger partial charge >= 0.3 is 0 Å². The topological polar surface area (TPSA) is 72.7 Å². The zero-order valence-electron chi connectivity index (χ0n) is 13.3.